The zero-order valence-corrected chi connectivity index (χ0v) is 14.6. The third-order valence-electron chi connectivity index (χ3n) is 4.15. The zero-order chi connectivity index (χ0) is 20.4. The van der Waals surface area contributed by atoms with Crippen LogP contribution in [0.15, 0.2) is 27.0 Å². The molecule has 0 aliphatic carbocycles. The second-order valence-corrected chi connectivity index (χ2v) is 6.37. The Morgan fingerprint density at radius 1 is 1.56 bits per heavy atom. The lowest BCUT2D eigenvalue weighted by Crippen LogP contribution is -2.47. The van der Waals surface area contributed by atoms with Gasteiger partial charge in [-0.3, -0.25) is 19.1 Å². The fraction of sp³-hybridized carbons (Fsp3) is 0.643. The van der Waals surface area contributed by atoms with Crippen LogP contribution in [0.3, 0.4) is 0 Å². The van der Waals surface area contributed by atoms with Crippen LogP contribution >= 0.6 is 0 Å². The lowest BCUT2D eigenvalue weighted by molar-refractivity contribution is -0.167. The van der Waals surface area contributed by atoms with Gasteiger partial charge in [-0.1, -0.05) is 19.0 Å². The van der Waals surface area contributed by atoms with Gasteiger partial charge >= 0.3 is 11.7 Å². The van der Waals surface area contributed by atoms with Crippen LogP contribution in [0.5, 0.6) is 0 Å². The van der Waals surface area contributed by atoms with E-state index in [-0.39, 0.29) is 5.92 Å². The van der Waals surface area contributed by atoms with Gasteiger partial charge in [0.1, 0.15) is 24.9 Å². The predicted octanol–water partition coefficient (Wildman–Crippen LogP) is -1.68. The average molecular weight is 384 g/mol. The van der Waals surface area contributed by atoms with Gasteiger partial charge in [-0.2, -0.15) is 0 Å². The molecular formula is C14H20N6O7. The summed E-state index contributed by atoms with van der Waals surface area (Å²) in [6, 6.07) is 0.0354. The number of nitrogens with one attached hydrogen (secondary N) is 1. The average Bonchev–Trinajstić information content (AvgIpc) is 2.85. The van der Waals surface area contributed by atoms with Crippen LogP contribution in [-0.2, 0) is 14.3 Å². The first-order valence-corrected chi connectivity index (χ1v) is 7.97. The van der Waals surface area contributed by atoms with E-state index in [1.807, 2.05) is 4.98 Å². The summed E-state index contributed by atoms with van der Waals surface area (Å²) in [4.78, 5) is 39.5. The van der Waals surface area contributed by atoms with E-state index in [1.54, 1.807) is 13.8 Å². The number of aromatic nitrogens is 2. The Morgan fingerprint density at radius 2 is 2.22 bits per heavy atom. The van der Waals surface area contributed by atoms with Gasteiger partial charge in [0.25, 0.3) is 5.56 Å². The molecule has 2 heterocycles. The molecule has 148 valence electrons. The van der Waals surface area contributed by atoms with E-state index < -0.39 is 54.0 Å². The van der Waals surface area contributed by atoms with Crippen molar-refractivity contribution in [3.05, 3.63) is 43.5 Å². The molecule has 1 saturated heterocycles. The van der Waals surface area contributed by atoms with Crippen molar-refractivity contribution in [1.82, 2.24) is 9.55 Å². The summed E-state index contributed by atoms with van der Waals surface area (Å²) in [7, 11) is 0. The molecule has 0 radical (unpaired) electrons. The number of azide groups is 1. The highest BCUT2D eigenvalue weighted by Gasteiger charge is 2.56. The number of hydrogen-bond donors (Lipinski definition) is 4. The second-order valence-electron chi connectivity index (χ2n) is 6.37. The molecule has 1 aliphatic heterocycles. The molecule has 1 aromatic rings. The third-order valence-corrected chi connectivity index (χ3v) is 4.15. The quantitative estimate of drug-likeness (QED) is 0.192. The Labute approximate surface area is 151 Å². The summed E-state index contributed by atoms with van der Waals surface area (Å²) in [6.07, 6.45) is -4.03. The molecule has 0 saturated carbocycles. The van der Waals surface area contributed by atoms with Crippen molar-refractivity contribution in [2.45, 2.75) is 44.1 Å². The lowest BCUT2D eigenvalue weighted by atomic mass is 10.0. The minimum absolute atomic E-state index is 0.236. The molecule has 13 heteroatoms. The summed E-state index contributed by atoms with van der Waals surface area (Å²) in [5.41, 5.74) is 10.7. The van der Waals surface area contributed by atoms with E-state index in [4.69, 9.17) is 20.7 Å². The monoisotopic (exact) mass is 384 g/mol. The van der Waals surface area contributed by atoms with Crippen LogP contribution in [0.25, 0.3) is 10.4 Å². The number of aromatic amines is 1. The minimum Gasteiger partial charge on any atom is -0.461 e. The van der Waals surface area contributed by atoms with Crippen LogP contribution in [-0.4, -0.2) is 56.3 Å². The van der Waals surface area contributed by atoms with E-state index in [0.29, 0.717) is 0 Å². The van der Waals surface area contributed by atoms with Gasteiger partial charge in [-0.15, -0.1) is 0 Å². The number of aliphatic hydroxyl groups is 2. The third kappa shape index (κ3) is 4.02. The molecule has 1 fully saturated rings. The molecule has 5 atom stereocenters. The Balaban J connectivity index is 2.31. The number of aliphatic hydroxyl groups excluding tert-OH is 2. The summed E-state index contributed by atoms with van der Waals surface area (Å²) in [6.45, 7) is 2.64. The highest BCUT2D eigenvalue weighted by molar-refractivity contribution is 5.75. The van der Waals surface area contributed by atoms with E-state index in [0.717, 1.165) is 16.8 Å². The molecule has 13 nitrogen and oxygen atoms in total. The number of rotatable bonds is 6. The Kier molecular flexibility index (Phi) is 6.03. The summed E-state index contributed by atoms with van der Waals surface area (Å²) < 4.78 is 11.2. The maximum atomic E-state index is 11.9. The number of nitrogens with two attached hydrogens (primary N) is 1. The van der Waals surface area contributed by atoms with Crippen LogP contribution in [0.1, 0.15) is 20.1 Å². The smallest absolute Gasteiger partial charge is 0.330 e. The van der Waals surface area contributed by atoms with Crippen molar-refractivity contribution in [2.75, 3.05) is 6.61 Å². The highest BCUT2D eigenvalue weighted by Crippen LogP contribution is 2.38. The molecule has 5 N–H and O–H groups in total. The Morgan fingerprint density at radius 3 is 2.78 bits per heavy atom. The maximum Gasteiger partial charge on any atom is 0.330 e. The molecule has 0 aromatic carbocycles. The van der Waals surface area contributed by atoms with Crippen molar-refractivity contribution >= 4 is 5.97 Å². The standard InChI is InChI=1S/C14H20N6O7/c1-6(2)8(15)12(24)26-5-14(18-19-16)10(23)9(22)11(27-14)20-4-3-7(21)17-13(20)25/h3-4,6,8-11,22-23H,5,15H2,1-2H3,(H,17,21,25)/t8-,9+,10-,11+,14+/m0/s1. The fourth-order valence-corrected chi connectivity index (χ4v) is 2.47. The zero-order valence-electron chi connectivity index (χ0n) is 14.6. The van der Waals surface area contributed by atoms with Gasteiger partial charge in [0, 0.05) is 17.2 Å². The first-order valence-electron chi connectivity index (χ1n) is 7.97. The molecule has 0 unspecified atom stereocenters. The van der Waals surface area contributed by atoms with Gasteiger partial charge in [0.2, 0.25) is 5.72 Å². The van der Waals surface area contributed by atoms with Gasteiger partial charge in [0.05, 0.1) is 0 Å². The summed E-state index contributed by atoms with van der Waals surface area (Å²) in [5.74, 6) is -1.06. The van der Waals surface area contributed by atoms with Gasteiger partial charge in [0.15, 0.2) is 6.23 Å². The number of carbonyl (C=O) groups excluding carboxylic acids is 1. The van der Waals surface area contributed by atoms with Gasteiger partial charge in [-0.25, -0.2) is 4.79 Å². The number of nitrogens with zero attached hydrogens (tertiary/aromatic N) is 4. The molecular weight excluding hydrogens is 364 g/mol. The van der Waals surface area contributed by atoms with Crippen molar-refractivity contribution in [2.24, 2.45) is 16.8 Å². The number of esters is 1. The molecule has 2 rings (SSSR count). The first kappa shape index (κ1) is 20.6. The van der Waals surface area contributed by atoms with Crippen molar-refractivity contribution in [1.29, 1.82) is 0 Å². The van der Waals surface area contributed by atoms with E-state index >= 15 is 0 Å². The highest BCUT2D eigenvalue weighted by atomic mass is 16.6. The normalized spacial score (nSPS) is 28.6. The minimum atomic E-state index is -2.19. The number of carbonyl (C=O) groups is 1. The van der Waals surface area contributed by atoms with Crippen molar-refractivity contribution in [3.63, 3.8) is 0 Å². The van der Waals surface area contributed by atoms with Crippen LogP contribution < -0.4 is 17.0 Å². The van der Waals surface area contributed by atoms with E-state index in [2.05, 4.69) is 10.0 Å². The van der Waals surface area contributed by atoms with Crippen molar-refractivity contribution < 1.29 is 24.5 Å². The molecule has 0 bridgehead atoms. The van der Waals surface area contributed by atoms with Gasteiger partial charge in [-0.05, 0) is 11.4 Å². The number of ether oxygens (including phenoxy) is 2. The maximum absolute atomic E-state index is 11.9. The second kappa shape index (κ2) is 7.90. The lowest BCUT2D eigenvalue weighted by Gasteiger charge is -2.27. The number of hydrogen-bond acceptors (Lipinski definition) is 9. The SMILES string of the molecule is CC(C)[C@H](N)C(=O)OC[C@@]1(N=[N+]=[N-])O[C@@H](n2ccc(=O)[nH]c2=O)[C@H](O)[C@@H]1O. The molecule has 1 aromatic heterocycles. The van der Waals surface area contributed by atoms with Crippen LogP contribution in [0.4, 0.5) is 0 Å². The predicted molar refractivity (Wildman–Crippen MR) is 89.1 cm³/mol. The molecule has 0 amide bonds. The van der Waals surface area contributed by atoms with Crippen LogP contribution in [0.2, 0.25) is 0 Å². The molecule has 1 aliphatic rings. The fourth-order valence-electron chi connectivity index (χ4n) is 2.47. The summed E-state index contributed by atoms with van der Waals surface area (Å²) in [5, 5.41) is 23.9. The van der Waals surface area contributed by atoms with Crippen LogP contribution in [0, 0.1) is 5.92 Å². The molecule has 27 heavy (non-hydrogen) atoms. The molecule has 0 spiro atoms. The van der Waals surface area contributed by atoms with E-state index in [9.17, 15) is 24.6 Å². The topological polar surface area (TPSA) is 206 Å². The summed E-state index contributed by atoms with van der Waals surface area (Å²) >= 11 is 0. The first-order chi connectivity index (χ1) is 12.6. The number of H-pyrrole nitrogens is 1. The Hall–Kier alpha value is -2.70. The Bertz CT molecular complexity index is 860. The van der Waals surface area contributed by atoms with E-state index in [1.165, 1.54) is 0 Å². The largest absolute Gasteiger partial charge is 0.461 e. The van der Waals surface area contributed by atoms with Gasteiger partial charge < -0.3 is 25.4 Å². The van der Waals surface area contributed by atoms with Crippen molar-refractivity contribution in [3.8, 4) is 0 Å².